The minimum absolute atomic E-state index is 0.393. The Balaban J connectivity index is 3.31. The van der Waals surface area contributed by atoms with Crippen LogP contribution in [0.1, 0.15) is 42.1 Å². The van der Waals surface area contributed by atoms with E-state index in [1.165, 1.54) is 22.3 Å². The molecule has 2 unspecified atom stereocenters. The number of nitrogens with two attached hydrogens (primary N) is 1. The maximum Gasteiger partial charge on any atom is 0.0387 e. The normalized spacial score (nSPS) is 15.1. The molecule has 0 aliphatic rings. The van der Waals surface area contributed by atoms with Crippen LogP contribution in [0.15, 0.2) is 12.1 Å². The average molecular weight is 262 g/mol. The Bertz CT molecular complexity index is 422. The molecule has 0 aromatic heterocycles. The predicted molar refractivity (Wildman–Crippen MR) is 84.5 cm³/mol. The van der Waals surface area contributed by atoms with Crippen molar-refractivity contribution in [3.05, 3.63) is 34.4 Å². The lowest BCUT2D eigenvalue weighted by atomic mass is 9.81. The first-order chi connectivity index (χ1) is 8.81. The van der Waals surface area contributed by atoms with E-state index in [2.05, 4.69) is 65.7 Å². The Morgan fingerprint density at radius 2 is 1.63 bits per heavy atom. The molecule has 2 atom stereocenters. The molecule has 0 spiro atoms. The van der Waals surface area contributed by atoms with Crippen molar-refractivity contribution < 1.29 is 0 Å². The highest BCUT2D eigenvalue weighted by molar-refractivity contribution is 5.40. The fourth-order valence-electron chi connectivity index (χ4n) is 2.95. The number of rotatable bonds is 5. The third-order valence-electron chi connectivity index (χ3n) is 4.51. The smallest absolute Gasteiger partial charge is 0.0387 e. The first kappa shape index (κ1) is 16.2. The van der Waals surface area contributed by atoms with Crippen LogP contribution in [-0.4, -0.2) is 25.5 Å². The summed E-state index contributed by atoms with van der Waals surface area (Å²) in [6.07, 6.45) is 0. The van der Waals surface area contributed by atoms with Gasteiger partial charge in [0.1, 0.15) is 0 Å². The van der Waals surface area contributed by atoms with Crippen molar-refractivity contribution in [3.8, 4) is 0 Å². The van der Waals surface area contributed by atoms with Crippen LogP contribution >= 0.6 is 0 Å². The van der Waals surface area contributed by atoms with Crippen LogP contribution in [0.3, 0.4) is 0 Å². The molecule has 2 heteroatoms. The summed E-state index contributed by atoms with van der Waals surface area (Å²) in [7, 11) is 4.31. The molecule has 0 bridgehead atoms. The molecule has 0 radical (unpaired) electrons. The lowest BCUT2D eigenvalue weighted by Gasteiger charge is -2.36. The average Bonchev–Trinajstić information content (AvgIpc) is 2.33. The van der Waals surface area contributed by atoms with Gasteiger partial charge in [0.2, 0.25) is 0 Å². The summed E-state index contributed by atoms with van der Waals surface area (Å²) in [6, 6.07) is 4.92. The van der Waals surface area contributed by atoms with E-state index in [4.69, 9.17) is 5.73 Å². The van der Waals surface area contributed by atoms with E-state index < -0.39 is 0 Å². The Labute approximate surface area is 119 Å². The molecule has 0 saturated heterocycles. The zero-order chi connectivity index (χ0) is 14.7. The van der Waals surface area contributed by atoms with Crippen LogP contribution in [0, 0.1) is 32.6 Å². The van der Waals surface area contributed by atoms with Gasteiger partial charge in [0.05, 0.1) is 0 Å². The first-order valence-electron chi connectivity index (χ1n) is 7.24. The SMILES string of the molecule is Cc1ccc(C(C(CN)C(C)C)N(C)C)c(C)c1C. The molecule has 0 saturated carbocycles. The predicted octanol–water partition coefficient (Wildman–Crippen LogP) is 3.45. The molecule has 0 aliphatic carbocycles. The maximum absolute atomic E-state index is 6.04. The second-order valence-corrected chi connectivity index (χ2v) is 6.27. The van der Waals surface area contributed by atoms with Gasteiger partial charge in [-0.05, 0) is 75.5 Å². The van der Waals surface area contributed by atoms with Gasteiger partial charge in [0.15, 0.2) is 0 Å². The van der Waals surface area contributed by atoms with Crippen molar-refractivity contribution in [1.82, 2.24) is 4.90 Å². The summed E-state index contributed by atoms with van der Waals surface area (Å²) in [5.74, 6) is 1.06. The molecule has 19 heavy (non-hydrogen) atoms. The molecule has 2 N–H and O–H groups in total. The molecule has 2 nitrogen and oxygen atoms in total. The summed E-state index contributed by atoms with van der Waals surface area (Å²) in [4.78, 5) is 2.31. The third kappa shape index (κ3) is 3.37. The minimum Gasteiger partial charge on any atom is -0.330 e. The van der Waals surface area contributed by atoms with E-state index >= 15 is 0 Å². The highest BCUT2D eigenvalue weighted by atomic mass is 15.1. The summed E-state index contributed by atoms with van der Waals surface area (Å²) in [6.45, 7) is 11.9. The lowest BCUT2D eigenvalue weighted by molar-refractivity contribution is 0.175. The van der Waals surface area contributed by atoms with Crippen molar-refractivity contribution >= 4 is 0 Å². The van der Waals surface area contributed by atoms with Gasteiger partial charge in [0, 0.05) is 6.04 Å². The van der Waals surface area contributed by atoms with E-state index in [0.29, 0.717) is 17.9 Å². The molecule has 108 valence electrons. The summed E-state index contributed by atoms with van der Waals surface area (Å²) in [5, 5.41) is 0. The summed E-state index contributed by atoms with van der Waals surface area (Å²) in [5.41, 5.74) is 11.7. The van der Waals surface area contributed by atoms with Crippen molar-refractivity contribution in [3.63, 3.8) is 0 Å². The second kappa shape index (κ2) is 6.53. The van der Waals surface area contributed by atoms with Crippen molar-refractivity contribution in [2.45, 2.75) is 40.7 Å². The van der Waals surface area contributed by atoms with Gasteiger partial charge in [-0.3, -0.25) is 0 Å². The van der Waals surface area contributed by atoms with Crippen LogP contribution in [0.2, 0.25) is 0 Å². The van der Waals surface area contributed by atoms with Gasteiger partial charge >= 0.3 is 0 Å². The van der Waals surface area contributed by atoms with Gasteiger partial charge in [-0.1, -0.05) is 26.0 Å². The van der Waals surface area contributed by atoms with Crippen LogP contribution in [0.25, 0.3) is 0 Å². The van der Waals surface area contributed by atoms with Gasteiger partial charge in [-0.15, -0.1) is 0 Å². The lowest BCUT2D eigenvalue weighted by Crippen LogP contribution is -2.35. The fraction of sp³-hybridized carbons (Fsp3) is 0.647. The number of benzene rings is 1. The number of hydrogen-bond acceptors (Lipinski definition) is 2. The van der Waals surface area contributed by atoms with E-state index in [1.54, 1.807) is 0 Å². The Morgan fingerprint density at radius 3 is 2.05 bits per heavy atom. The quantitative estimate of drug-likeness (QED) is 0.880. The molecule has 1 aromatic rings. The topological polar surface area (TPSA) is 29.3 Å². The van der Waals surface area contributed by atoms with Crippen molar-refractivity contribution in [2.24, 2.45) is 17.6 Å². The van der Waals surface area contributed by atoms with E-state index in [-0.39, 0.29) is 0 Å². The molecule has 0 amide bonds. The van der Waals surface area contributed by atoms with E-state index in [0.717, 1.165) is 6.54 Å². The van der Waals surface area contributed by atoms with Gasteiger partial charge in [0.25, 0.3) is 0 Å². The van der Waals surface area contributed by atoms with Crippen LogP contribution in [0.5, 0.6) is 0 Å². The standard InChI is InChI=1S/C17H30N2/c1-11(2)16(10-18)17(19(6)7)15-9-8-12(3)13(4)14(15)5/h8-9,11,16-17H,10,18H2,1-7H3. The molecule has 1 rings (SSSR count). The van der Waals surface area contributed by atoms with Gasteiger partial charge in [-0.2, -0.15) is 0 Å². The largest absolute Gasteiger partial charge is 0.330 e. The third-order valence-corrected chi connectivity index (χ3v) is 4.51. The number of aryl methyl sites for hydroxylation is 1. The monoisotopic (exact) mass is 262 g/mol. The summed E-state index contributed by atoms with van der Waals surface area (Å²) >= 11 is 0. The number of nitrogens with zero attached hydrogens (tertiary/aromatic N) is 1. The molecule has 0 fully saturated rings. The highest BCUT2D eigenvalue weighted by Gasteiger charge is 2.28. The maximum atomic E-state index is 6.04. The molecular weight excluding hydrogens is 232 g/mol. The fourth-order valence-corrected chi connectivity index (χ4v) is 2.95. The molecule has 1 aromatic carbocycles. The first-order valence-corrected chi connectivity index (χ1v) is 7.24. The van der Waals surface area contributed by atoms with Crippen molar-refractivity contribution in [1.29, 1.82) is 0 Å². The number of hydrogen-bond donors (Lipinski definition) is 1. The van der Waals surface area contributed by atoms with Crippen molar-refractivity contribution in [2.75, 3.05) is 20.6 Å². The van der Waals surface area contributed by atoms with Crippen LogP contribution < -0.4 is 5.73 Å². The van der Waals surface area contributed by atoms with Gasteiger partial charge in [-0.25, -0.2) is 0 Å². The summed E-state index contributed by atoms with van der Waals surface area (Å²) < 4.78 is 0. The Hall–Kier alpha value is -0.860. The Morgan fingerprint density at radius 1 is 1.05 bits per heavy atom. The second-order valence-electron chi connectivity index (χ2n) is 6.27. The van der Waals surface area contributed by atoms with E-state index in [1.807, 2.05) is 0 Å². The molecule has 0 heterocycles. The van der Waals surface area contributed by atoms with Crippen LogP contribution in [0.4, 0.5) is 0 Å². The van der Waals surface area contributed by atoms with Gasteiger partial charge < -0.3 is 10.6 Å². The zero-order valence-corrected chi connectivity index (χ0v) is 13.6. The zero-order valence-electron chi connectivity index (χ0n) is 13.6. The van der Waals surface area contributed by atoms with Crippen LogP contribution in [-0.2, 0) is 0 Å². The molecule has 0 aliphatic heterocycles. The highest BCUT2D eigenvalue weighted by Crippen LogP contribution is 2.34. The minimum atomic E-state index is 0.393. The molecular formula is C17H30N2. The van der Waals surface area contributed by atoms with E-state index in [9.17, 15) is 0 Å². The Kier molecular flexibility index (Phi) is 5.57.